The number of halogens is 1. The molecule has 0 radical (unpaired) electrons. The predicted molar refractivity (Wildman–Crippen MR) is 116 cm³/mol. The van der Waals surface area contributed by atoms with Crippen LogP contribution < -0.4 is 10.6 Å². The zero-order valence-electron chi connectivity index (χ0n) is 16.4. The maximum Gasteiger partial charge on any atom is 0.239 e. The smallest absolute Gasteiger partial charge is 0.239 e. The fourth-order valence-corrected chi connectivity index (χ4v) is 3.87. The van der Waals surface area contributed by atoms with Crippen LogP contribution in [0.4, 0.5) is 5.82 Å². The molecule has 2 N–H and O–H groups in total. The molecule has 4 rings (SSSR count). The lowest BCUT2D eigenvalue weighted by Gasteiger charge is -2.37. The molecule has 0 spiro atoms. The van der Waals surface area contributed by atoms with Crippen LogP contribution in [0.5, 0.6) is 0 Å². The summed E-state index contributed by atoms with van der Waals surface area (Å²) in [5, 5.41) is 1.72. The first-order valence-electron chi connectivity index (χ1n) is 9.78. The Balaban J connectivity index is 1.41. The molecular formula is C22H24ClN5O. The minimum atomic E-state index is -0.551. The summed E-state index contributed by atoms with van der Waals surface area (Å²) in [6.07, 6.45) is 0.506. The van der Waals surface area contributed by atoms with Crippen LogP contribution in [0.1, 0.15) is 11.4 Å². The number of nitrogens with two attached hydrogens (primary N) is 1. The first kappa shape index (κ1) is 19.6. The molecule has 150 valence electrons. The van der Waals surface area contributed by atoms with E-state index in [0.717, 1.165) is 41.2 Å². The van der Waals surface area contributed by atoms with Crippen LogP contribution in [0, 0.1) is 6.92 Å². The van der Waals surface area contributed by atoms with Gasteiger partial charge in [0, 0.05) is 36.6 Å². The molecule has 0 saturated carbocycles. The SMILES string of the molecule is Cc1nc(N2CCN(C(=O)[C@H](N)Cc3ccc(Cl)cc3)CC2)c2ccccc2n1. The third kappa shape index (κ3) is 4.33. The van der Waals surface area contributed by atoms with E-state index in [0.29, 0.717) is 24.5 Å². The lowest BCUT2D eigenvalue weighted by Crippen LogP contribution is -2.53. The van der Waals surface area contributed by atoms with Crippen molar-refractivity contribution in [2.45, 2.75) is 19.4 Å². The summed E-state index contributed by atoms with van der Waals surface area (Å²) >= 11 is 5.92. The molecule has 0 aliphatic carbocycles. The van der Waals surface area contributed by atoms with Gasteiger partial charge in [0.05, 0.1) is 11.6 Å². The third-order valence-electron chi connectivity index (χ3n) is 5.27. The van der Waals surface area contributed by atoms with Gasteiger partial charge in [-0.3, -0.25) is 4.79 Å². The summed E-state index contributed by atoms with van der Waals surface area (Å²) in [5.41, 5.74) is 8.15. The lowest BCUT2D eigenvalue weighted by molar-refractivity contribution is -0.132. The van der Waals surface area contributed by atoms with Crippen LogP contribution in [0.3, 0.4) is 0 Å². The second-order valence-electron chi connectivity index (χ2n) is 7.36. The monoisotopic (exact) mass is 409 g/mol. The van der Waals surface area contributed by atoms with Gasteiger partial charge >= 0.3 is 0 Å². The molecule has 1 aliphatic rings. The Kier molecular flexibility index (Phi) is 5.65. The second kappa shape index (κ2) is 8.35. The lowest BCUT2D eigenvalue weighted by atomic mass is 10.1. The number of anilines is 1. The van der Waals surface area contributed by atoms with Gasteiger partial charge in [0.1, 0.15) is 11.6 Å². The van der Waals surface area contributed by atoms with Gasteiger partial charge in [0.25, 0.3) is 0 Å². The molecule has 29 heavy (non-hydrogen) atoms. The Bertz CT molecular complexity index is 1020. The van der Waals surface area contributed by atoms with E-state index in [9.17, 15) is 4.79 Å². The molecule has 0 unspecified atom stereocenters. The van der Waals surface area contributed by atoms with Crippen molar-refractivity contribution in [3.63, 3.8) is 0 Å². The molecule has 1 aliphatic heterocycles. The summed E-state index contributed by atoms with van der Waals surface area (Å²) in [7, 11) is 0. The Morgan fingerprint density at radius 3 is 2.48 bits per heavy atom. The molecule has 1 atom stereocenters. The molecule has 1 aromatic heterocycles. The van der Waals surface area contributed by atoms with Crippen molar-refractivity contribution in [1.82, 2.24) is 14.9 Å². The van der Waals surface area contributed by atoms with E-state index in [1.54, 1.807) is 0 Å². The van der Waals surface area contributed by atoms with Gasteiger partial charge in [-0.05, 0) is 43.2 Å². The highest BCUT2D eigenvalue weighted by atomic mass is 35.5. The van der Waals surface area contributed by atoms with Gasteiger partial charge in [-0.25, -0.2) is 9.97 Å². The number of amides is 1. The highest BCUT2D eigenvalue weighted by molar-refractivity contribution is 6.30. The quantitative estimate of drug-likeness (QED) is 0.717. The highest BCUT2D eigenvalue weighted by Crippen LogP contribution is 2.25. The van der Waals surface area contributed by atoms with Crippen LogP contribution in [0.15, 0.2) is 48.5 Å². The van der Waals surface area contributed by atoms with Crippen molar-refractivity contribution in [3.05, 3.63) is 64.9 Å². The van der Waals surface area contributed by atoms with Gasteiger partial charge in [-0.1, -0.05) is 35.9 Å². The number of hydrogen-bond donors (Lipinski definition) is 1. The average Bonchev–Trinajstić information content (AvgIpc) is 2.74. The fourth-order valence-electron chi connectivity index (χ4n) is 3.75. The van der Waals surface area contributed by atoms with Crippen molar-refractivity contribution in [2.75, 3.05) is 31.1 Å². The number of carbonyl (C=O) groups excluding carboxylic acids is 1. The van der Waals surface area contributed by atoms with Crippen molar-refractivity contribution >= 4 is 34.2 Å². The Hall–Kier alpha value is -2.70. The number of aryl methyl sites for hydroxylation is 1. The number of fused-ring (bicyclic) bond motifs is 1. The predicted octanol–water partition coefficient (Wildman–Crippen LogP) is 2.81. The molecule has 2 heterocycles. The number of rotatable bonds is 4. The summed E-state index contributed by atoms with van der Waals surface area (Å²) in [6.45, 7) is 4.61. The minimum absolute atomic E-state index is 0.0108. The van der Waals surface area contributed by atoms with Crippen LogP contribution >= 0.6 is 11.6 Å². The van der Waals surface area contributed by atoms with Gasteiger partial charge in [-0.15, -0.1) is 0 Å². The molecular weight excluding hydrogens is 386 g/mol. The Labute approximate surface area is 175 Å². The van der Waals surface area contributed by atoms with E-state index in [4.69, 9.17) is 17.3 Å². The molecule has 2 aromatic carbocycles. The van der Waals surface area contributed by atoms with Crippen LogP contribution in [-0.2, 0) is 11.2 Å². The van der Waals surface area contributed by atoms with Crippen molar-refractivity contribution in [1.29, 1.82) is 0 Å². The van der Waals surface area contributed by atoms with E-state index in [1.807, 2.05) is 60.4 Å². The van der Waals surface area contributed by atoms with E-state index in [-0.39, 0.29) is 5.91 Å². The van der Waals surface area contributed by atoms with Crippen LogP contribution in [0.2, 0.25) is 5.02 Å². The number of hydrogen-bond acceptors (Lipinski definition) is 5. The summed E-state index contributed by atoms with van der Waals surface area (Å²) < 4.78 is 0. The summed E-state index contributed by atoms with van der Waals surface area (Å²) in [5.74, 6) is 1.68. The number of aromatic nitrogens is 2. The molecule has 0 bridgehead atoms. The maximum absolute atomic E-state index is 12.8. The number of benzene rings is 2. The molecule has 7 heteroatoms. The van der Waals surface area contributed by atoms with Crippen molar-refractivity contribution in [3.8, 4) is 0 Å². The maximum atomic E-state index is 12.8. The topological polar surface area (TPSA) is 75.4 Å². The third-order valence-corrected chi connectivity index (χ3v) is 5.52. The first-order valence-corrected chi connectivity index (χ1v) is 10.2. The zero-order valence-corrected chi connectivity index (χ0v) is 17.1. The number of nitrogens with zero attached hydrogens (tertiary/aromatic N) is 4. The highest BCUT2D eigenvalue weighted by Gasteiger charge is 2.26. The standard InChI is InChI=1S/C22H24ClN5O/c1-15-25-20-5-3-2-4-18(20)21(26-15)27-10-12-28(13-11-27)22(29)19(24)14-16-6-8-17(23)9-7-16/h2-9,19H,10-14,24H2,1H3/t19-/m1/s1. The van der Waals surface area contributed by atoms with E-state index in [2.05, 4.69) is 14.9 Å². The van der Waals surface area contributed by atoms with Gasteiger partial charge in [0.2, 0.25) is 5.91 Å². The average molecular weight is 410 g/mol. The normalized spacial score (nSPS) is 15.6. The van der Waals surface area contributed by atoms with Crippen molar-refractivity contribution in [2.24, 2.45) is 5.73 Å². The fraction of sp³-hybridized carbons (Fsp3) is 0.318. The van der Waals surface area contributed by atoms with Gasteiger partial charge in [0.15, 0.2) is 0 Å². The molecule has 3 aromatic rings. The minimum Gasteiger partial charge on any atom is -0.352 e. The number of carbonyl (C=O) groups is 1. The number of para-hydroxylation sites is 1. The second-order valence-corrected chi connectivity index (χ2v) is 7.80. The largest absolute Gasteiger partial charge is 0.352 e. The van der Waals surface area contributed by atoms with E-state index < -0.39 is 6.04 Å². The van der Waals surface area contributed by atoms with E-state index >= 15 is 0 Å². The summed E-state index contributed by atoms with van der Waals surface area (Å²) in [4.78, 5) is 26.1. The van der Waals surface area contributed by atoms with Gasteiger partial charge < -0.3 is 15.5 Å². The summed E-state index contributed by atoms with van der Waals surface area (Å²) in [6, 6.07) is 14.9. The zero-order chi connectivity index (χ0) is 20.4. The van der Waals surface area contributed by atoms with Crippen LogP contribution in [0.25, 0.3) is 10.9 Å². The Morgan fingerprint density at radius 2 is 1.76 bits per heavy atom. The van der Waals surface area contributed by atoms with E-state index in [1.165, 1.54) is 0 Å². The first-order chi connectivity index (χ1) is 14.0. The molecule has 1 fully saturated rings. The molecule has 1 amide bonds. The van der Waals surface area contributed by atoms with Crippen molar-refractivity contribution < 1.29 is 4.79 Å². The van der Waals surface area contributed by atoms with Gasteiger partial charge in [-0.2, -0.15) is 0 Å². The van der Waals surface area contributed by atoms with Crippen LogP contribution in [-0.4, -0.2) is 53.0 Å². The molecule has 6 nitrogen and oxygen atoms in total. The molecule has 1 saturated heterocycles. The Morgan fingerprint density at radius 1 is 1.07 bits per heavy atom. The number of piperazine rings is 1.